The van der Waals surface area contributed by atoms with Crippen LogP contribution in [0.1, 0.15) is 26.6 Å². The van der Waals surface area contributed by atoms with Gasteiger partial charge in [-0.3, -0.25) is 9.59 Å². The van der Waals surface area contributed by atoms with Gasteiger partial charge in [-0.15, -0.1) is 23.1 Å². The number of hydrogen-bond acceptors (Lipinski definition) is 5. The van der Waals surface area contributed by atoms with Gasteiger partial charge in [0, 0.05) is 29.1 Å². The van der Waals surface area contributed by atoms with Crippen molar-refractivity contribution >= 4 is 34.9 Å². The monoisotopic (exact) mass is 425 g/mol. The van der Waals surface area contributed by atoms with E-state index in [0.717, 1.165) is 26.9 Å². The van der Waals surface area contributed by atoms with Crippen LogP contribution >= 0.6 is 23.1 Å². The third-order valence-corrected chi connectivity index (χ3v) is 6.04. The standard InChI is InChI=1S/C22H23N3O2S2/c1-16-25-18(14-28-16)15-29-20-10-6-5-9-19(20)22(27)24-12-11-23-21(26)13-17-7-3-2-4-8-17/h2-10,14H,11-13,15H2,1H3,(H,23,26)(H,24,27). The first-order chi connectivity index (χ1) is 14.1. The molecule has 29 heavy (non-hydrogen) atoms. The number of nitrogens with one attached hydrogen (secondary N) is 2. The molecule has 7 heteroatoms. The molecule has 0 saturated heterocycles. The van der Waals surface area contributed by atoms with Crippen molar-refractivity contribution in [3.05, 3.63) is 81.8 Å². The van der Waals surface area contributed by atoms with Crippen LogP contribution in [0.15, 0.2) is 64.9 Å². The first kappa shape index (κ1) is 21.1. The molecule has 1 aromatic heterocycles. The third kappa shape index (κ3) is 6.73. The van der Waals surface area contributed by atoms with Crippen molar-refractivity contribution in [3.8, 4) is 0 Å². The van der Waals surface area contributed by atoms with Crippen LogP contribution < -0.4 is 10.6 Å². The Morgan fingerprint density at radius 1 is 1.00 bits per heavy atom. The highest BCUT2D eigenvalue weighted by molar-refractivity contribution is 7.98. The molecule has 2 N–H and O–H groups in total. The number of rotatable bonds is 9. The minimum absolute atomic E-state index is 0.0556. The van der Waals surface area contributed by atoms with E-state index >= 15 is 0 Å². The molecule has 150 valence electrons. The fourth-order valence-electron chi connectivity index (χ4n) is 2.72. The number of aryl methyl sites for hydroxylation is 1. The number of amides is 2. The third-order valence-electron chi connectivity index (χ3n) is 4.11. The van der Waals surface area contributed by atoms with Crippen LogP contribution in [-0.4, -0.2) is 29.9 Å². The molecule has 0 spiro atoms. The molecule has 2 amide bonds. The van der Waals surface area contributed by atoms with Crippen LogP contribution in [0.2, 0.25) is 0 Å². The van der Waals surface area contributed by atoms with E-state index in [4.69, 9.17) is 0 Å². The molecule has 3 aromatic rings. The fourth-order valence-corrected chi connectivity index (χ4v) is 4.38. The van der Waals surface area contributed by atoms with Crippen molar-refractivity contribution in [2.45, 2.75) is 24.0 Å². The Morgan fingerprint density at radius 2 is 1.72 bits per heavy atom. The molecule has 0 unspecified atom stereocenters. The van der Waals surface area contributed by atoms with Gasteiger partial charge < -0.3 is 10.6 Å². The van der Waals surface area contributed by atoms with E-state index in [0.29, 0.717) is 25.1 Å². The summed E-state index contributed by atoms with van der Waals surface area (Å²) in [5.74, 6) is 0.532. The van der Waals surface area contributed by atoms with Crippen LogP contribution in [0.25, 0.3) is 0 Å². The van der Waals surface area contributed by atoms with E-state index in [1.54, 1.807) is 23.1 Å². The molecular weight excluding hydrogens is 402 g/mol. The lowest BCUT2D eigenvalue weighted by Gasteiger charge is -2.10. The normalized spacial score (nSPS) is 10.5. The number of carbonyl (C=O) groups is 2. The van der Waals surface area contributed by atoms with Gasteiger partial charge >= 0.3 is 0 Å². The highest BCUT2D eigenvalue weighted by atomic mass is 32.2. The van der Waals surface area contributed by atoms with Gasteiger partial charge in [0.1, 0.15) is 0 Å². The van der Waals surface area contributed by atoms with Crippen molar-refractivity contribution in [2.24, 2.45) is 0 Å². The summed E-state index contributed by atoms with van der Waals surface area (Å²) in [4.78, 5) is 29.9. The van der Waals surface area contributed by atoms with Crippen LogP contribution in [0.3, 0.4) is 0 Å². The molecule has 1 heterocycles. The van der Waals surface area contributed by atoms with Crippen molar-refractivity contribution in [3.63, 3.8) is 0 Å². The van der Waals surface area contributed by atoms with Crippen LogP contribution in [0, 0.1) is 6.92 Å². The summed E-state index contributed by atoms with van der Waals surface area (Å²) in [6.45, 7) is 2.76. The average Bonchev–Trinajstić information content (AvgIpc) is 3.15. The van der Waals surface area contributed by atoms with Gasteiger partial charge in [0.05, 0.1) is 22.7 Å². The molecule has 0 atom stereocenters. The zero-order valence-electron chi connectivity index (χ0n) is 16.2. The van der Waals surface area contributed by atoms with Gasteiger partial charge in [-0.1, -0.05) is 42.5 Å². The van der Waals surface area contributed by atoms with Crippen molar-refractivity contribution < 1.29 is 9.59 Å². The lowest BCUT2D eigenvalue weighted by Crippen LogP contribution is -2.35. The van der Waals surface area contributed by atoms with Crippen molar-refractivity contribution in [2.75, 3.05) is 13.1 Å². The Balaban J connectivity index is 1.45. The van der Waals surface area contributed by atoms with Crippen molar-refractivity contribution in [1.82, 2.24) is 15.6 Å². The smallest absolute Gasteiger partial charge is 0.252 e. The zero-order valence-corrected chi connectivity index (χ0v) is 17.8. The molecule has 0 aliphatic rings. The molecule has 0 aliphatic carbocycles. The van der Waals surface area contributed by atoms with E-state index in [-0.39, 0.29) is 11.8 Å². The number of thioether (sulfide) groups is 1. The van der Waals surface area contributed by atoms with Gasteiger partial charge in [-0.05, 0) is 24.6 Å². The maximum absolute atomic E-state index is 12.6. The summed E-state index contributed by atoms with van der Waals surface area (Å²) < 4.78 is 0. The summed E-state index contributed by atoms with van der Waals surface area (Å²) in [5, 5.41) is 8.80. The Kier molecular flexibility index (Phi) is 7.84. The summed E-state index contributed by atoms with van der Waals surface area (Å²) in [7, 11) is 0. The van der Waals surface area contributed by atoms with Gasteiger partial charge in [0.2, 0.25) is 5.91 Å². The maximum atomic E-state index is 12.6. The molecule has 2 aromatic carbocycles. The van der Waals surface area contributed by atoms with E-state index < -0.39 is 0 Å². The first-order valence-corrected chi connectivity index (χ1v) is 11.2. The second-order valence-corrected chi connectivity index (χ2v) is 8.49. The molecule has 0 fully saturated rings. The highest BCUT2D eigenvalue weighted by Crippen LogP contribution is 2.26. The summed E-state index contributed by atoms with van der Waals surface area (Å²) in [5.41, 5.74) is 2.63. The number of thiazole rings is 1. The summed E-state index contributed by atoms with van der Waals surface area (Å²) in [6.07, 6.45) is 0.338. The Labute approximate surface area is 179 Å². The number of hydrogen-bond donors (Lipinski definition) is 2. The Hall–Kier alpha value is -2.64. The number of benzene rings is 2. The molecule has 0 radical (unpaired) electrons. The number of nitrogens with zero attached hydrogens (tertiary/aromatic N) is 1. The van der Waals surface area contributed by atoms with Crippen molar-refractivity contribution in [1.29, 1.82) is 0 Å². The van der Waals surface area contributed by atoms with Gasteiger partial charge in [-0.25, -0.2) is 4.98 Å². The van der Waals surface area contributed by atoms with E-state index in [9.17, 15) is 9.59 Å². The maximum Gasteiger partial charge on any atom is 0.252 e. The van der Waals surface area contributed by atoms with Crippen LogP contribution in [-0.2, 0) is 17.0 Å². The molecule has 0 aliphatic heterocycles. The molecule has 3 rings (SSSR count). The predicted octanol–water partition coefficient (Wildman–Crippen LogP) is 3.83. The minimum Gasteiger partial charge on any atom is -0.354 e. The quantitative estimate of drug-likeness (QED) is 0.404. The number of aromatic nitrogens is 1. The summed E-state index contributed by atoms with van der Waals surface area (Å²) >= 11 is 3.23. The van der Waals surface area contributed by atoms with Gasteiger partial charge in [0.15, 0.2) is 0 Å². The molecule has 5 nitrogen and oxygen atoms in total. The topological polar surface area (TPSA) is 71.1 Å². The van der Waals surface area contributed by atoms with Gasteiger partial charge in [-0.2, -0.15) is 0 Å². The predicted molar refractivity (Wildman–Crippen MR) is 118 cm³/mol. The second kappa shape index (κ2) is 10.8. The van der Waals surface area contributed by atoms with E-state index in [1.807, 2.05) is 66.9 Å². The fraction of sp³-hybridized carbons (Fsp3) is 0.227. The minimum atomic E-state index is -0.139. The SMILES string of the molecule is Cc1nc(CSc2ccccc2C(=O)NCCNC(=O)Cc2ccccc2)cs1. The molecular formula is C22H23N3O2S2. The Bertz CT molecular complexity index is 957. The molecule has 0 saturated carbocycles. The number of carbonyl (C=O) groups excluding carboxylic acids is 2. The zero-order chi connectivity index (χ0) is 20.5. The van der Waals surface area contributed by atoms with Crippen LogP contribution in [0.5, 0.6) is 0 Å². The summed E-state index contributed by atoms with van der Waals surface area (Å²) in [6, 6.07) is 17.1. The van der Waals surface area contributed by atoms with Crippen LogP contribution in [0.4, 0.5) is 0 Å². The van der Waals surface area contributed by atoms with Gasteiger partial charge in [0.25, 0.3) is 5.91 Å². The Morgan fingerprint density at radius 3 is 2.48 bits per heavy atom. The lowest BCUT2D eigenvalue weighted by molar-refractivity contribution is -0.120. The lowest BCUT2D eigenvalue weighted by atomic mass is 10.1. The highest BCUT2D eigenvalue weighted by Gasteiger charge is 2.12. The molecule has 0 bridgehead atoms. The average molecular weight is 426 g/mol. The largest absolute Gasteiger partial charge is 0.354 e. The van der Waals surface area contributed by atoms with E-state index in [1.165, 1.54) is 0 Å². The first-order valence-electron chi connectivity index (χ1n) is 9.33. The second-order valence-electron chi connectivity index (χ2n) is 6.41. The van der Waals surface area contributed by atoms with E-state index in [2.05, 4.69) is 15.6 Å².